The second-order valence-electron chi connectivity index (χ2n) is 7.98. The van der Waals surface area contributed by atoms with Gasteiger partial charge in [0.05, 0.1) is 0 Å². The summed E-state index contributed by atoms with van der Waals surface area (Å²) in [5, 5.41) is 3.64. The Balaban J connectivity index is 1.73. The summed E-state index contributed by atoms with van der Waals surface area (Å²) in [6, 6.07) is 27.7. The monoisotopic (exact) mass is 456 g/mol. The Morgan fingerprint density at radius 3 is 2.18 bits per heavy atom. The lowest BCUT2D eigenvalue weighted by molar-refractivity contribution is -0.145. The largest absolute Gasteiger partial charge is 0.444 e. The maximum Gasteiger partial charge on any atom is 0.414 e. The molecule has 1 heterocycles. The molecule has 1 saturated heterocycles. The third kappa shape index (κ3) is 4.87. The van der Waals surface area contributed by atoms with Crippen LogP contribution >= 0.6 is 0 Å². The van der Waals surface area contributed by atoms with E-state index in [-0.39, 0.29) is 26.0 Å². The number of amides is 1. The zero-order valence-electron chi connectivity index (χ0n) is 18.5. The van der Waals surface area contributed by atoms with Crippen molar-refractivity contribution in [1.29, 1.82) is 0 Å². The van der Waals surface area contributed by atoms with E-state index in [1.54, 1.807) is 12.1 Å². The molecule has 0 unspecified atom stereocenters. The van der Waals surface area contributed by atoms with Gasteiger partial charge >= 0.3 is 12.1 Å². The molecule has 0 radical (unpaired) electrons. The van der Waals surface area contributed by atoms with Crippen molar-refractivity contribution in [2.45, 2.75) is 31.2 Å². The summed E-state index contributed by atoms with van der Waals surface area (Å²) in [6.07, 6.45) is -1.36. The van der Waals surface area contributed by atoms with E-state index >= 15 is 0 Å². The molecule has 1 amide bonds. The highest BCUT2D eigenvalue weighted by Crippen LogP contribution is 2.43. The van der Waals surface area contributed by atoms with Gasteiger partial charge in [-0.1, -0.05) is 96.1 Å². The van der Waals surface area contributed by atoms with Gasteiger partial charge in [0.15, 0.2) is 5.54 Å². The van der Waals surface area contributed by atoms with Crippen LogP contribution < -0.4 is 0 Å². The molecular formula is C26H24N4O4. The van der Waals surface area contributed by atoms with Gasteiger partial charge in [0.2, 0.25) is 6.23 Å². The van der Waals surface area contributed by atoms with Gasteiger partial charge in [-0.15, -0.1) is 0 Å². The first-order valence-electron chi connectivity index (χ1n) is 10.9. The Kier molecular flexibility index (Phi) is 7.10. The van der Waals surface area contributed by atoms with Crippen LogP contribution in [0, 0.1) is 0 Å². The molecule has 0 spiro atoms. The Bertz CT molecular complexity index is 1170. The molecule has 0 saturated carbocycles. The lowest BCUT2D eigenvalue weighted by Gasteiger charge is -2.35. The number of ether oxygens (including phenoxy) is 2. The van der Waals surface area contributed by atoms with Crippen molar-refractivity contribution in [2.24, 2.45) is 5.11 Å². The second-order valence-corrected chi connectivity index (χ2v) is 7.98. The first-order chi connectivity index (χ1) is 16.6. The van der Waals surface area contributed by atoms with Crippen LogP contribution in [0.5, 0.6) is 0 Å². The average molecular weight is 457 g/mol. The third-order valence-electron chi connectivity index (χ3n) is 5.81. The topological polar surface area (TPSA) is 105 Å². The highest BCUT2D eigenvalue weighted by atomic mass is 16.6. The molecule has 3 aromatic carbocycles. The predicted molar refractivity (Wildman–Crippen MR) is 125 cm³/mol. The van der Waals surface area contributed by atoms with Gasteiger partial charge in [-0.25, -0.2) is 9.59 Å². The minimum Gasteiger partial charge on any atom is -0.444 e. The van der Waals surface area contributed by atoms with E-state index in [2.05, 4.69) is 10.0 Å². The number of azide groups is 1. The van der Waals surface area contributed by atoms with E-state index in [1.807, 2.05) is 78.9 Å². The third-order valence-corrected chi connectivity index (χ3v) is 5.81. The van der Waals surface area contributed by atoms with Crippen LogP contribution in [0.15, 0.2) is 96.1 Å². The first kappa shape index (κ1) is 22.9. The molecule has 3 aromatic rings. The second kappa shape index (κ2) is 10.6. The van der Waals surface area contributed by atoms with Crippen molar-refractivity contribution in [3.8, 4) is 0 Å². The summed E-state index contributed by atoms with van der Waals surface area (Å²) >= 11 is 0. The Labute approximate surface area is 197 Å². The van der Waals surface area contributed by atoms with Gasteiger partial charge in [-0.05, 0) is 23.1 Å². The lowest BCUT2D eigenvalue weighted by atomic mass is 9.86. The van der Waals surface area contributed by atoms with E-state index in [9.17, 15) is 9.59 Å². The Morgan fingerprint density at radius 2 is 1.56 bits per heavy atom. The van der Waals surface area contributed by atoms with Crippen LogP contribution in [0.2, 0.25) is 0 Å². The van der Waals surface area contributed by atoms with Crippen molar-refractivity contribution in [2.75, 3.05) is 6.54 Å². The number of nitrogens with zero attached hydrogens (tertiary/aromatic N) is 4. The smallest absolute Gasteiger partial charge is 0.414 e. The molecule has 2 atom stereocenters. The summed E-state index contributed by atoms with van der Waals surface area (Å²) in [7, 11) is 0. The molecule has 0 aromatic heterocycles. The predicted octanol–water partition coefficient (Wildman–Crippen LogP) is 5.56. The molecule has 0 aliphatic carbocycles. The lowest BCUT2D eigenvalue weighted by Crippen LogP contribution is -2.54. The fourth-order valence-corrected chi connectivity index (χ4v) is 4.16. The number of esters is 1. The van der Waals surface area contributed by atoms with Crippen molar-refractivity contribution in [3.63, 3.8) is 0 Å². The summed E-state index contributed by atoms with van der Waals surface area (Å²) in [5.74, 6) is -0.560. The maximum absolute atomic E-state index is 13.6. The standard InChI is InChI=1S/C26H24N4O4/c27-29-28-17-16-26(18-20-10-4-1-5-11-20)24(31)34-23(22-14-8-3-9-15-22)30(26)25(32)33-19-21-12-6-2-7-13-21/h1-15,23H,16-19H2/t23-,26-/m0/s1. The van der Waals surface area contributed by atoms with Gasteiger partial charge in [0.25, 0.3) is 0 Å². The van der Waals surface area contributed by atoms with Crippen LogP contribution in [0.25, 0.3) is 10.4 Å². The fourth-order valence-electron chi connectivity index (χ4n) is 4.16. The number of cyclic esters (lactones) is 1. The molecule has 8 nitrogen and oxygen atoms in total. The minimum atomic E-state index is -1.40. The Hall–Kier alpha value is -4.29. The van der Waals surface area contributed by atoms with Crippen LogP contribution in [-0.2, 0) is 27.3 Å². The average Bonchev–Trinajstić information content (AvgIpc) is 3.16. The van der Waals surface area contributed by atoms with Crippen LogP contribution in [0.3, 0.4) is 0 Å². The molecule has 8 heteroatoms. The zero-order chi connectivity index (χ0) is 23.8. The number of rotatable bonds is 8. The van der Waals surface area contributed by atoms with Crippen molar-refractivity contribution in [3.05, 3.63) is 118 Å². The molecule has 1 aliphatic rings. The molecule has 1 fully saturated rings. The van der Waals surface area contributed by atoms with E-state index < -0.39 is 23.8 Å². The van der Waals surface area contributed by atoms with Crippen LogP contribution in [-0.4, -0.2) is 29.0 Å². The van der Waals surface area contributed by atoms with E-state index in [1.165, 1.54) is 4.90 Å². The highest BCUT2D eigenvalue weighted by Gasteiger charge is 2.58. The number of hydrogen-bond donors (Lipinski definition) is 0. The quantitative estimate of drug-likeness (QED) is 0.191. The number of hydrogen-bond acceptors (Lipinski definition) is 5. The van der Waals surface area contributed by atoms with Crippen molar-refractivity contribution in [1.82, 2.24) is 4.90 Å². The maximum atomic E-state index is 13.6. The van der Waals surface area contributed by atoms with Gasteiger partial charge in [0.1, 0.15) is 6.61 Å². The van der Waals surface area contributed by atoms with Gasteiger partial charge < -0.3 is 9.47 Å². The molecule has 0 N–H and O–H groups in total. The van der Waals surface area contributed by atoms with E-state index in [0.29, 0.717) is 5.56 Å². The van der Waals surface area contributed by atoms with Crippen LogP contribution in [0.1, 0.15) is 29.3 Å². The molecule has 1 aliphatic heterocycles. The number of benzene rings is 3. The molecule has 4 rings (SSSR count). The highest BCUT2D eigenvalue weighted by molar-refractivity contribution is 5.89. The molecular weight excluding hydrogens is 432 g/mol. The van der Waals surface area contributed by atoms with Crippen LogP contribution in [0.4, 0.5) is 4.79 Å². The van der Waals surface area contributed by atoms with Crippen molar-refractivity contribution < 1.29 is 19.1 Å². The number of carbonyl (C=O) groups excluding carboxylic acids is 2. The molecule has 0 bridgehead atoms. The van der Waals surface area contributed by atoms with E-state index in [4.69, 9.17) is 15.0 Å². The summed E-state index contributed by atoms with van der Waals surface area (Å²) in [5.41, 5.74) is 9.74. The van der Waals surface area contributed by atoms with Gasteiger partial charge in [0, 0.05) is 23.4 Å². The molecule has 34 heavy (non-hydrogen) atoms. The van der Waals surface area contributed by atoms with Gasteiger partial charge in [-0.2, -0.15) is 0 Å². The van der Waals surface area contributed by atoms with Gasteiger partial charge in [-0.3, -0.25) is 4.90 Å². The normalized spacial score (nSPS) is 19.2. The van der Waals surface area contributed by atoms with Crippen molar-refractivity contribution >= 4 is 12.1 Å². The minimum absolute atomic E-state index is 0.0163. The fraction of sp³-hybridized carbons (Fsp3) is 0.231. The summed E-state index contributed by atoms with van der Waals surface area (Å²) in [4.78, 5) is 31.2. The molecule has 172 valence electrons. The Morgan fingerprint density at radius 1 is 0.971 bits per heavy atom. The summed E-state index contributed by atoms with van der Waals surface area (Å²) in [6.45, 7) is 0.0616. The van der Waals surface area contributed by atoms with E-state index in [0.717, 1.165) is 11.1 Å². The first-order valence-corrected chi connectivity index (χ1v) is 10.9. The number of carbonyl (C=O) groups is 2. The zero-order valence-corrected chi connectivity index (χ0v) is 18.5. The SMILES string of the molecule is [N-]=[N+]=NCC[C@]1(Cc2ccccc2)C(=O)O[C@@H](c2ccccc2)N1C(=O)OCc1ccccc1. The summed E-state index contributed by atoms with van der Waals surface area (Å²) < 4.78 is 11.5.